The highest BCUT2D eigenvalue weighted by Crippen LogP contribution is 2.17. The minimum absolute atomic E-state index is 0.0256. The van der Waals surface area contributed by atoms with Crippen molar-refractivity contribution in [3.63, 3.8) is 0 Å². The molecule has 0 aliphatic carbocycles. The Balaban J connectivity index is 2.00. The van der Waals surface area contributed by atoms with Crippen molar-refractivity contribution in [3.05, 3.63) is 59.9 Å². The van der Waals surface area contributed by atoms with Crippen molar-refractivity contribution in [2.24, 2.45) is 5.92 Å². The Labute approximate surface area is 123 Å². The monoisotopic (exact) mass is 287 g/mol. The van der Waals surface area contributed by atoms with Crippen molar-refractivity contribution in [1.82, 2.24) is 0 Å². The first kappa shape index (κ1) is 15.0. The molecular weight excluding hydrogens is 269 g/mol. The fourth-order valence-corrected chi connectivity index (χ4v) is 1.74. The highest BCUT2D eigenvalue weighted by molar-refractivity contribution is 6.04. The smallest absolute Gasteiger partial charge is 0.258 e. The van der Waals surface area contributed by atoms with Gasteiger partial charge in [0.2, 0.25) is 0 Å². The molecule has 2 aromatic rings. The average Bonchev–Trinajstić information content (AvgIpc) is 2.47. The molecule has 21 heavy (non-hydrogen) atoms. The van der Waals surface area contributed by atoms with Crippen LogP contribution in [0.25, 0.3) is 0 Å². The van der Waals surface area contributed by atoms with Gasteiger partial charge in [-0.15, -0.1) is 0 Å². The first-order valence-corrected chi connectivity index (χ1v) is 6.85. The minimum Gasteiger partial charge on any atom is -0.493 e. The van der Waals surface area contributed by atoms with Gasteiger partial charge in [-0.2, -0.15) is 0 Å². The van der Waals surface area contributed by atoms with Crippen molar-refractivity contribution in [1.29, 1.82) is 0 Å². The largest absolute Gasteiger partial charge is 0.493 e. The number of anilines is 1. The van der Waals surface area contributed by atoms with E-state index < -0.39 is 11.7 Å². The van der Waals surface area contributed by atoms with Crippen LogP contribution in [0, 0.1) is 11.7 Å². The van der Waals surface area contributed by atoms with E-state index in [0.717, 1.165) is 5.75 Å². The molecule has 0 fully saturated rings. The predicted octanol–water partition coefficient (Wildman–Crippen LogP) is 4.11. The number of benzene rings is 2. The molecule has 0 heterocycles. The number of rotatable bonds is 5. The van der Waals surface area contributed by atoms with Crippen LogP contribution in [0.2, 0.25) is 0 Å². The van der Waals surface area contributed by atoms with E-state index in [1.54, 1.807) is 36.4 Å². The summed E-state index contributed by atoms with van der Waals surface area (Å²) in [6.45, 7) is 4.78. The summed E-state index contributed by atoms with van der Waals surface area (Å²) >= 11 is 0. The molecule has 4 heteroatoms. The van der Waals surface area contributed by atoms with Gasteiger partial charge in [0, 0.05) is 5.69 Å². The van der Waals surface area contributed by atoms with E-state index in [9.17, 15) is 9.18 Å². The molecule has 0 saturated heterocycles. The lowest BCUT2D eigenvalue weighted by Crippen LogP contribution is -2.13. The van der Waals surface area contributed by atoms with Gasteiger partial charge in [0.25, 0.3) is 5.91 Å². The van der Waals surface area contributed by atoms with Crippen LogP contribution in [0.15, 0.2) is 48.5 Å². The van der Waals surface area contributed by atoms with E-state index in [0.29, 0.717) is 18.2 Å². The van der Waals surface area contributed by atoms with Crippen LogP contribution >= 0.6 is 0 Å². The van der Waals surface area contributed by atoms with Gasteiger partial charge in [-0.05, 0) is 42.3 Å². The maximum Gasteiger partial charge on any atom is 0.258 e. The molecule has 110 valence electrons. The van der Waals surface area contributed by atoms with Crippen LogP contribution in [0.4, 0.5) is 10.1 Å². The van der Waals surface area contributed by atoms with Gasteiger partial charge in [0.15, 0.2) is 0 Å². The van der Waals surface area contributed by atoms with Crippen molar-refractivity contribution >= 4 is 11.6 Å². The Morgan fingerprint density at radius 3 is 2.43 bits per heavy atom. The second kappa shape index (κ2) is 6.88. The van der Waals surface area contributed by atoms with Gasteiger partial charge in [-0.3, -0.25) is 4.79 Å². The van der Waals surface area contributed by atoms with Crippen LogP contribution in [0.3, 0.4) is 0 Å². The van der Waals surface area contributed by atoms with Crippen LogP contribution < -0.4 is 10.1 Å². The highest BCUT2D eigenvalue weighted by Gasteiger charge is 2.10. The van der Waals surface area contributed by atoms with E-state index in [1.807, 2.05) is 0 Å². The second-order valence-corrected chi connectivity index (χ2v) is 5.16. The normalized spacial score (nSPS) is 10.5. The first-order valence-electron chi connectivity index (χ1n) is 6.85. The third-order valence-corrected chi connectivity index (χ3v) is 2.81. The Hall–Kier alpha value is -2.36. The third kappa shape index (κ3) is 4.31. The van der Waals surface area contributed by atoms with Crippen molar-refractivity contribution in [2.45, 2.75) is 13.8 Å². The van der Waals surface area contributed by atoms with E-state index in [4.69, 9.17) is 4.74 Å². The summed E-state index contributed by atoms with van der Waals surface area (Å²) < 4.78 is 19.1. The van der Waals surface area contributed by atoms with Crippen molar-refractivity contribution in [3.8, 4) is 5.75 Å². The van der Waals surface area contributed by atoms with Gasteiger partial charge < -0.3 is 10.1 Å². The van der Waals surface area contributed by atoms with E-state index in [-0.39, 0.29) is 5.56 Å². The fraction of sp³-hybridized carbons (Fsp3) is 0.235. The predicted molar refractivity (Wildman–Crippen MR) is 81.1 cm³/mol. The summed E-state index contributed by atoms with van der Waals surface area (Å²) in [4.78, 5) is 12.0. The van der Waals surface area contributed by atoms with Crippen LogP contribution in [0.1, 0.15) is 24.2 Å². The molecule has 0 aliphatic rings. The first-order chi connectivity index (χ1) is 10.1. The van der Waals surface area contributed by atoms with E-state index in [2.05, 4.69) is 19.2 Å². The quantitative estimate of drug-likeness (QED) is 0.898. The van der Waals surface area contributed by atoms with Gasteiger partial charge in [0.05, 0.1) is 12.2 Å². The van der Waals surface area contributed by atoms with Crippen molar-refractivity contribution in [2.75, 3.05) is 11.9 Å². The van der Waals surface area contributed by atoms with Gasteiger partial charge in [-0.25, -0.2) is 4.39 Å². The molecule has 0 spiro atoms. The zero-order valence-electron chi connectivity index (χ0n) is 12.1. The molecule has 0 radical (unpaired) electrons. The van der Waals surface area contributed by atoms with Crippen LogP contribution in [-0.4, -0.2) is 12.5 Å². The maximum absolute atomic E-state index is 13.5. The number of nitrogens with one attached hydrogen (secondary N) is 1. The minimum atomic E-state index is -0.535. The Morgan fingerprint density at radius 1 is 1.14 bits per heavy atom. The molecule has 2 rings (SSSR count). The molecule has 1 amide bonds. The molecule has 3 nitrogen and oxygen atoms in total. The SMILES string of the molecule is CC(C)COc1ccc(NC(=O)c2ccccc2F)cc1. The zero-order valence-corrected chi connectivity index (χ0v) is 12.1. The molecule has 0 unspecified atom stereocenters. The summed E-state index contributed by atoms with van der Waals surface area (Å²) in [6, 6.07) is 12.9. The lowest BCUT2D eigenvalue weighted by Gasteiger charge is -2.10. The van der Waals surface area contributed by atoms with Gasteiger partial charge in [-0.1, -0.05) is 26.0 Å². The van der Waals surface area contributed by atoms with E-state index >= 15 is 0 Å². The molecule has 1 N–H and O–H groups in total. The Morgan fingerprint density at radius 2 is 1.81 bits per heavy atom. The standard InChI is InChI=1S/C17H18FNO2/c1-12(2)11-21-14-9-7-13(8-10-14)19-17(20)15-5-3-4-6-16(15)18/h3-10,12H,11H2,1-2H3,(H,19,20). The summed E-state index contributed by atoms with van der Waals surface area (Å²) in [7, 11) is 0. The molecule has 0 atom stereocenters. The summed E-state index contributed by atoms with van der Waals surface area (Å²) in [5.74, 6) is 0.189. The Kier molecular flexibility index (Phi) is 4.93. The summed E-state index contributed by atoms with van der Waals surface area (Å²) in [6.07, 6.45) is 0. The molecular formula is C17H18FNO2. The van der Waals surface area contributed by atoms with Crippen LogP contribution in [0.5, 0.6) is 5.75 Å². The number of ether oxygens (including phenoxy) is 1. The summed E-state index contributed by atoms with van der Waals surface area (Å²) in [5, 5.41) is 2.66. The average molecular weight is 287 g/mol. The number of amides is 1. The highest BCUT2D eigenvalue weighted by atomic mass is 19.1. The second-order valence-electron chi connectivity index (χ2n) is 5.16. The van der Waals surface area contributed by atoms with Crippen LogP contribution in [-0.2, 0) is 0 Å². The number of carbonyl (C=O) groups is 1. The maximum atomic E-state index is 13.5. The summed E-state index contributed by atoms with van der Waals surface area (Å²) in [5.41, 5.74) is 0.623. The number of halogens is 1. The lowest BCUT2D eigenvalue weighted by atomic mass is 10.2. The molecule has 0 aromatic heterocycles. The number of carbonyl (C=O) groups excluding carboxylic acids is 1. The third-order valence-electron chi connectivity index (χ3n) is 2.81. The number of hydrogen-bond acceptors (Lipinski definition) is 2. The molecule has 0 saturated carbocycles. The molecule has 0 bridgehead atoms. The molecule has 2 aromatic carbocycles. The van der Waals surface area contributed by atoms with Gasteiger partial charge >= 0.3 is 0 Å². The fourth-order valence-electron chi connectivity index (χ4n) is 1.74. The number of hydrogen-bond donors (Lipinski definition) is 1. The zero-order chi connectivity index (χ0) is 15.2. The van der Waals surface area contributed by atoms with Gasteiger partial charge in [0.1, 0.15) is 11.6 Å². The molecule has 0 aliphatic heterocycles. The Bertz CT molecular complexity index is 608. The van der Waals surface area contributed by atoms with E-state index in [1.165, 1.54) is 12.1 Å². The van der Waals surface area contributed by atoms with Crippen molar-refractivity contribution < 1.29 is 13.9 Å². The lowest BCUT2D eigenvalue weighted by molar-refractivity contribution is 0.102. The topological polar surface area (TPSA) is 38.3 Å².